The molecule has 1 aromatic heterocycles. The van der Waals surface area contributed by atoms with Crippen LogP contribution in [0, 0.1) is 6.92 Å². The summed E-state index contributed by atoms with van der Waals surface area (Å²) in [5.41, 5.74) is -0.966. The van der Waals surface area contributed by atoms with E-state index in [0.717, 1.165) is 22.1 Å². The lowest BCUT2D eigenvalue weighted by Crippen LogP contribution is -2.38. The zero-order valence-corrected chi connectivity index (χ0v) is 12.3. The topological polar surface area (TPSA) is 65.9 Å². The molecule has 2 amide bonds. The van der Waals surface area contributed by atoms with Crippen LogP contribution >= 0.6 is 0 Å². The van der Waals surface area contributed by atoms with Crippen molar-refractivity contribution in [3.8, 4) is 0 Å². The number of hydrogen-bond acceptors (Lipinski definition) is 4. The van der Waals surface area contributed by atoms with Crippen molar-refractivity contribution in [2.75, 3.05) is 18.6 Å². The minimum atomic E-state index is -4.57. The summed E-state index contributed by atoms with van der Waals surface area (Å²) in [5, 5.41) is 10.2. The molecule has 1 aliphatic heterocycles. The standard InChI is InChI=1S/C13H16F3N3O3/c1-4-22-11-10(20)19(12(21)18(11)3)9-5-8(13(14,15)16)7(2)6-17-9/h5-6,10-11,20H,4H2,1-3H3. The summed E-state index contributed by atoms with van der Waals surface area (Å²) in [5.74, 6) is -0.274. The van der Waals surface area contributed by atoms with Crippen molar-refractivity contribution >= 4 is 11.8 Å². The average Bonchev–Trinajstić information content (AvgIpc) is 2.63. The molecule has 22 heavy (non-hydrogen) atoms. The van der Waals surface area contributed by atoms with Crippen molar-refractivity contribution < 1.29 is 27.8 Å². The Kier molecular flexibility index (Phi) is 4.30. The highest BCUT2D eigenvalue weighted by Gasteiger charge is 2.46. The molecule has 1 aromatic rings. The van der Waals surface area contributed by atoms with Crippen molar-refractivity contribution in [3.63, 3.8) is 0 Å². The lowest BCUT2D eigenvalue weighted by molar-refractivity contribution is -0.138. The van der Waals surface area contributed by atoms with Gasteiger partial charge in [0.05, 0.1) is 5.56 Å². The summed E-state index contributed by atoms with van der Waals surface area (Å²) in [6.45, 7) is 3.19. The van der Waals surface area contributed by atoms with Crippen LogP contribution in [0.15, 0.2) is 12.3 Å². The molecule has 1 saturated heterocycles. The number of anilines is 1. The Bertz CT molecular complexity index is 579. The van der Waals surface area contributed by atoms with E-state index in [1.165, 1.54) is 14.0 Å². The summed E-state index contributed by atoms with van der Waals surface area (Å²) in [6.07, 6.45) is -5.95. The summed E-state index contributed by atoms with van der Waals surface area (Å²) in [6, 6.07) is 0.0638. The monoisotopic (exact) mass is 319 g/mol. The Balaban J connectivity index is 2.42. The van der Waals surface area contributed by atoms with Gasteiger partial charge in [-0.1, -0.05) is 0 Å². The molecular weight excluding hydrogens is 303 g/mol. The maximum Gasteiger partial charge on any atom is 0.416 e. The van der Waals surface area contributed by atoms with Gasteiger partial charge in [0.2, 0.25) is 0 Å². The number of nitrogens with zero attached hydrogens (tertiary/aromatic N) is 3. The van der Waals surface area contributed by atoms with E-state index in [1.807, 2.05) is 0 Å². The van der Waals surface area contributed by atoms with Gasteiger partial charge in [-0.2, -0.15) is 13.2 Å². The third-order valence-corrected chi connectivity index (χ3v) is 3.39. The lowest BCUT2D eigenvalue weighted by Gasteiger charge is -2.22. The van der Waals surface area contributed by atoms with E-state index < -0.39 is 30.2 Å². The van der Waals surface area contributed by atoms with Crippen molar-refractivity contribution in [2.45, 2.75) is 32.5 Å². The first-order valence-electron chi connectivity index (χ1n) is 6.58. The van der Waals surface area contributed by atoms with Crippen LogP contribution in [0.4, 0.5) is 23.8 Å². The van der Waals surface area contributed by atoms with Gasteiger partial charge in [-0.3, -0.25) is 4.90 Å². The number of urea groups is 1. The highest BCUT2D eigenvalue weighted by molar-refractivity contribution is 5.93. The quantitative estimate of drug-likeness (QED) is 0.925. The van der Waals surface area contributed by atoms with Gasteiger partial charge < -0.3 is 9.84 Å². The molecule has 0 aromatic carbocycles. The van der Waals surface area contributed by atoms with E-state index >= 15 is 0 Å². The number of halogens is 3. The third-order valence-electron chi connectivity index (χ3n) is 3.39. The largest absolute Gasteiger partial charge is 0.416 e. The molecule has 2 rings (SSSR count). The van der Waals surface area contributed by atoms with Gasteiger partial charge in [0.1, 0.15) is 5.82 Å². The van der Waals surface area contributed by atoms with Crippen LogP contribution in [0.1, 0.15) is 18.1 Å². The van der Waals surface area contributed by atoms with Gasteiger partial charge in [0.25, 0.3) is 0 Å². The molecule has 6 nitrogen and oxygen atoms in total. The molecule has 0 bridgehead atoms. The first-order chi connectivity index (χ1) is 10.2. The maximum absolute atomic E-state index is 13.0. The lowest BCUT2D eigenvalue weighted by atomic mass is 10.1. The number of rotatable bonds is 3. The van der Waals surface area contributed by atoms with Crippen LogP contribution in [0.2, 0.25) is 0 Å². The number of hydrogen-bond donors (Lipinski definition) is 1. The SMILES string of the molecule is CCOC1C(O)N(c2cc(C(F)(F)F)c(C)cn2)C(=O)N1C. The Labute approximate surface area is 125 Å². The summed E-state index contributed by atoms with van der Waals surface area (Å²) < 4.78 is 44.1. The molecule has 0 aliphatic carbocycles. The number of amides is 2. The smallest absolute Gasteiger partial charge is 0.369 e. The summed E-state index contributed by atoms with van der Waals surface area (Å²) in [4.78, 5) is 17.9. The zero-order valence-electron chi connectivity index (χ0n) is 12.3. The summed E-state index contributed by atoms with van der Waals surface area (Å²) >= 11 is 0. The summed E-state index contributed by atoms with van der Waals surface area (Å²) in [7, 11) is 1.39. The van der Waals surface area contributed by atoms with Crippen LogP contribution in [0.25, 0.3) is 0 Å². The van der Waals surface area contributed by atoms with Crippen LogP contribution in [0.3, 0.4) is 0 Å². The number of aliphatic hydroxyl groups is 1. The normalized spacial score (nSPS) is 22.6. The fourth-order valence-electron chi connectivity index (χ4n) is 2.27. The molecule has 0 spiro atoms. The van der Waals surface area contributed by atoms with E-state index in [4.69, 9.17) is 4.74 Å². The van der Waals surface area contributed by atoms with E-state index in [1.54, 1.807) is 6.92 Å². The zero-order chi connectivity index (χ0) is 16.7. The predicted molar refractivity (Wildman–Crippen MR) is 71.0 cm³/mol. The van der Waals surface area contributed by atoms with Crippen molar-refractivity contribution in [1.29, 1.82) is 0 Å². The predicted octanol–water partition coefficient (Wildman–Crippen LogP) is 1.96. The van der Waals surface area contributed by atoms with E-state index in [-0.39, 0.29) is 18.0 Å². The van der Waals surface area contributed by atoms with E-state index in [0.29, 0.717) is 0 Å². The highest BCUT2D eigenvalue weighted by atomic mass is 19.4. The molecule has 1 aliphatic rings. The number of aromatic nitrogens is 1. The van der Waals surface area contributed by atoms with Crippen molar-refractivity contribution in [2.24, 2.45) is 0 Å². The van der Waals surface area contributed by atoms with E-state index in [9.17, 15) is 23.1 Å². The second kappa shape index (κ2) is 5.73. The van der Waals surface area contributed by atoms with Crippen LogP contribution in [0.5, 0.6) is 0 Å². The minimum absolute atomic E-state index is 0.0629. The van der Waals surface area contributed by atoms with Crippen LogP contribution in [-0.4, -0.2) is 47.1 Å². The number of aliphatic hydroxyl groups excluding tert-OH is 1. The van der Waals surface area contributed by atoms with Crippen molar-refractivity contribution in [3.05, 3.63) is 23.4 Å². The van der Waals surface area contributed by atoms with Gasteiger partial charge in [-0.15, -0.1) is 0 Å². The van der Waals surface area contributed by atoms with E-state index in [2.05, 4.69) is 4.98 Å². The number of pyridine rings is 1. The molecule has 1 fully saturated rings. The van der Waals surface area contributed by atoms with Gasteiger partial charge in [-0.05, 0) is 25.5 Å². The Hall–Kier alpha value is -1.87. The Morgan fingerprint density at radius 3 is 2.64 bits per heavy atom. The maximum atomic E-state index is 13.0. The second-order valence-electron chi connectivity index (χ2n) is 4.88. The molecule has 2 unspecified atom stereocenters. The van der Waals surface area contributed by atoms with Gasteiger partial charge in [0.15, 0.2) is 12.5 Å². The first kappa shape index (κ1) is 16.5. The van der Waals surface area contributed by atoms with Crippen LogP contribution < -0.4 is 4.90 Å². The van der Waals surface area contributed by atoms with Gasteiger partial charge in [0, 0.05) is 19.9 Å². The number of carbonyl (C=O) groups excluding carboxylic acids is 1. The Morgan fingerprint density at radius 1 is 1.45 bits per heavy atom. The number of likely N-dealkylation sites (N-methyl/N-ethyl adjacent to an activating group) is 1. The highest BCUT2D eigenvalue weighted by Crippen LogP contribution is 2.35. The minimum Gasteiger partial charge on any atom is -0.369 e. The number of ether oxygens (including phenoxy) is 1. The molecular formula is C13H16F3N3O3. The molecule has 0 saturated carbocycles. The third kappa shape index (κ3) is 2.73. The molecule has 2 atom stereocenters. The molecule has 122 valence electrons. The van der Waals surface area contributed by atoms with Gasteiger partial charge >= 0.3 is 12.2 Å². The molecule has 9 heteroatoms. The first-order valence-corrected chi connectivity index (χ1v) is 6.58. The average molecular weight is 319 g/mol. The number of alkyl halides is 3. The Morgan fingerprint density at radius 2 is 2.09 bits per heavy atom. The molecule has 1 N–H and O–H groups in total. The second-order valence-corrected chi connectivity index (χ2v) is 4.88. The fourth-order valence-corrected chi connectivity index (χ4v) is 2.27. The molecule has 0 radical (unpaired) electrons. The molecule has 2 heterocycles. The van der Waals surface area contributed by atoms with Crippen LogP contribution in [-0.2, 0) is 10.9 Å². The van der Waals surface area contributed by atoms with Crippen molar-refractivity contribution in [1.82, 2.24) is 9.88 Å². The van der Waals surface area contributed by atoms with Gasteiger partial charge in [-0.25, -0.2) is 14.7 Å². The number of carbonyl (C=O) groups is 1. The number of aryl methyl sites for hydroxylation is 1. The fraction of sp³-hybridized carbons (Fsp3) is 0.538.